The van der Waals surface area contributed by atoms with Gasteiger partial charge in [-0.1, -0.05) is 5.16 Å². The van der Waals surface area contributed by atoms with Gasteiger partial charge in [0.2, 0.25) is 0 Å². The molecule has 0 saturated heterocycles. The summed E-state index contributed by atoms with van der Waals surface area (Å²) in [6, 6.07) is 6.50. The quantitative estimate of drug-likeness (QED) is 0.416. The molecule has 0 bridgehead atoms. The Morgan fingerprint density at radius 2 is 2.23 bits per heavy atom. The number of aryl methyl sites for hydroxylation is 1. The Kier molecular flexibility index (Phi) is 8.47. The van der Waals surface area contributed by atoms with Gasteiger partial charge < -0.3 is 15.2 Å². The number of hydrogen-bond donors (Lipinski definition) is 2. The van der Waals surface area contributed by atoms with Crippen molar-refractivity contribution in [3.63, 3.8) is 0 Å². The predicted molar refractivity (Wildman–Crippen MR) is 102 cm³/mol. The molecule has 2 N–H and O–H groups in total. The second-order valence-electron chi connectivity index (χ2n) is 4.95. The van der Waals surface area contributed by atoms with Crippen molar-refractivity contribution in [2.24, 2.45) is 4.99 Å². The molecule has 0 aliphatic heterocycles. The Morgan fingerprint density at radius 1 is 1.41 bits per heavy atom. The fourth-order valence-electron chi connectivity index (χ4n) is 1.98. The molecule has 2 rings (SSSR count). The monoisotopic (exact) mass is 434 g/mol. The first kappa shape index (κ1) is 19.0. The lowest BCUT2D eigenvalue weighted by molar-refractivity contribution is 0.412. The third kappa shape index (κ3) is 6.35. The van der Waals surface area contributed by atoms with E-state index in [0.29, 0.717) is 12.6 Å². The molecule has 2 aromatic rings. The van der Waals surface area contributed by atoms with E-state index in [1.807, 2.05) is 17.4 Å². The Labute approximate surface area is 152 Å². The lowest BCUT2D eigenvalue weighted by Gasteiger charge is -2.17. The van der Waals surface area contributed by atoms with Crippen LogP contribution >= 0.6 is 35.3 Å². The van der Waals surface area contributed by atoms with Crippen LogP contribution in [0.3, 0.4) is 0 Å². The second kappa shape index (κ2) is 9.83. The molecule has 122 valence electrons. The first-order valence-corrected chi connectivity index (χ1v) is 7.98. The molecule has 0 amide bonds. The lowest BCUT2D eigenvalue weighted by Crippen LogP contribution is -2.43. The zero-order valence-corrected chi connectivity index (χ0v) is 16.3. The highest BCUT2D eigenvalue weighted by Crippen LogP contribution is 2.16. The minimum Gasteiger partial charge on any atom is -0.364 e. The fourth-order valence-corrected chi connectivity index (χ4v) is 3.00. The van der Waals surface area contributed by atoms with Crippen molar-refractivity contribution >= 4 is 41.3 Å². The summed E-state index contributed by atoms with van der Waals surface area (Å²) in [5.74, 6) is 0.807. The van der Waals surface area contributed by atoms with Crippen LogP contribution in [0.5, 0.6) is 0 Å². The molecule has 0 spiro atoms. The number of aliphatic imine (C=N–C) groups is 1. The van der Waals surface area contributed by atoms with E-state index in [1.54, 1.807) is 6.26 Å². The third-order valence-corrected chi connectivity index (χ3v) is 3.94. The molecule has 1 atom stereocenters. The minimum atomic E-state index is 0. The van der Waals surface area contributed by atoms with Gasteiger partial charge in [-0.25, -0.2) is 4.99 Å². The van der Waals surface area contributed by atoms with E-state index in [1.165, 1.54) is 9.75 Å². The number of halogens is 1. The Morgan fingerprint density at radius 3 is 2.82 bits per heavy atom. The molecular formula is C15H23IN4OS. The SMILES string of the molecule is CCNC(=NCc1ccon1)NC(C)Cc1ccc(C)s1.I. The van der Waals surface area contributed by atoms with E-state index >= 15 is 0 Å². The maximum atomic E-state index is 4.81. The molecule has 0 aliphatic carbocycles. The molecule has 0 aromatic carbocycles. The summed E-state index contributed by atoms with van der Waals surface area (Å²) in [4.78, 5) is 7.26. The third-order valence-electron chi connectivity index (χ3n) is 2.92. The number of thiophene rings is 1. The summed E-state index contributed by atoms with van der Waals surface area (Å²) >= 11 is 1.85. The van der Waals surface area contributed by atoms with Gasteiger partial charge in [0.25, 0.3) is 0 Å². The van der Waals surface area contributed by atoms with Crippen LogP contribution in [0.15, 0.2) is 34.0 Å². The van der Waals surface area contributed by atoms with Crippen LogP contribution in [0.1, 0.15) is 29.3 Å². The first-order valence-electron chi connectivity index (χ1n) is 7.16. The van der Waals surface area contributed by atoms with Gasteiger partial charge in [0.1, 0.15) is 12.0 Å². The van der Waals surface area contributed by atoms with Gasteiger partial charge in [0.15, 0.2) is 5.96 Å². The molecule has 0 saturated carbocycles. The smallest absolute Gasteiger partial charge is 0.191 e. The number of hydrogen-bond acceptors (Lipinski definition) is 4. The predicted octanol–water partition coefficient (Wildman–Crippen LogP) is 3.35. The molecule has 0 radical (unpaired) electrons. The number of nitrogens with zero attached hydrogens (tertiary/aromatic N) is 2. The molecule has 22 heavy (non-hydrogen) atoms. The summed E-state index contributed by atoms with van der Waals surface area (Å²) in [5.41, 5.74) is 0.828. The summed E-state index contributed by atoms with van der Waals surface area (Å²) in [5, 5.41) is 10.5. The normalized spacial score (nSPS) is 12.6. The molecular weight excluding hydrogens is 411 g/mol. The van der Waals surface area contributed by atoms with E-state index in [0.717, 1.165) is 24.6 Å². The van der Waals surface area contributed by atoms with Gasteiger partial charge in [0, 0.05) is 34.8 Å². The largest absolute Gasteiger partial charge is 0.364 e. The lowest BCUT2D eigenvalue weighted by atomic mass is 10.2. The average molecular weight is 434 g/mol. The number of rotatable bonds is 6. The van der Waals surface area contributed by atoms with Gasteiger partial charge in [-0.2, -0.15) is 0 Å². The first-order chi connectivity index (χ1) is 10.2. The van der Waals surface area contributed by atoms with Crippen LogP contribution < -0.4 is 10.6 Å². The Bertz CT molecular complexity index is 568. The van der Waals surface area contributed by atoms with Gasteiger partial charge in [0.05, 0.1) is 6.54 Å². The zero-order chi connectivity index (χ0) is 15.1. The molecule has 2 heterocycles. The summed E-state index contributed by atoms with van der Waals surface area (Å²) in [7, 11) is 0. The number of guanidine groups is 1. The van der Waals surface area contributed by atoms with Crippen LogP contribution in [0.25, 0.3) is 0 Å². The van der Waals surface area contributed by atoms with Crippen LogP contribution in [0.4, 0.5) is 0 Å². The highest BCUT2D eigenvalue weighted by Gasteiger charge is 2.08. The molecule has 0 fully saturated rings. The van der Waals surface area contributed by atoms with Crippen molar-refractivity contribution in [3.05, 3.63) is 39.9 Å². The Balaban J connectivity index is 0.00000242. The average Bonchev–Trinajstić information content (AvgIpc) is 3.08. The van der Waals surface area contributed by atoms with E-state index in [4.69, 9.17) is 4.52 Å². The van der Waals surface area contributed by atoms with Gasteiger partial charge in [-0.05, 0) is 32.9 Å². The molecule has 7 heteroatoms. The molecule has 0 aliphatic rings. The van der Waals surface area contributed by atoms with Crippen molar-refractivity contribution in [2.45, 2.75) is 39.8 Å². The molecule has 2 aromatic heterocycles. The summed E-state index contributed by atoms with van der Waals surface area (Å²) in [6.45, 7) is 7.69. The van der Waals surface area contributed by atoms with Crippen molar-refractivity contribution in [1.29, 1.82) is 0 Å². The number of aromatic nitrogens is 1. The highest BCUT2D eigenvalue weighted by atomic mass is 127. The Hall–Kier alpha value is -1.09. The van der Waals surface area contributed by atoms with Gasteiger partial charge >= 0.3 is 0 Å². The van der Waals surface area contributed by atoms with E-state index in [2.05, 4.69) is 53.7 Å². The summed E-state index contributed by atoms with van der Waals surface area (Å²) in [6.07, 6.45) is 2.56. The zero-order valence-electron chi connectivity index (χ0n) is 13.1. The van der Waals surface area contributed by atoms with Crippen LogP contribution in [0, 0.1) is 6.92 Å². The second-order valence-corrected chi connectivity index (χ2v) is 6.32. The van der Waals surface area contributed by atoms with Crippen molar-refractivity contribution in [3.8, 4) is 0 Å². The van der Waals surface area contributed by atoms with Crippen LogP contribution in [-0.2, 0) is 13.0 Å². The topological polar surface area (TPSA) is 62.5 Å². The van der Waals surface area contributed by atoms with Gasteiger partial charge in [-0.15, -0.1) is 35.3 Å². The minimum absolute atomic E-state index is 0. The maximum absolute atomic E-state index is 4.81. The molecule has 1 unspecified atom stereocenters. The van der Waals surface area contributed by atoms with E-state index in [9.17, 15) is 0 Å². The standard InChI is InChI=1S/C15H22N4OS.HI/c1-4-16-15(17-10-13-7-8-20-19-13)18-11(2)9-14-6-5-12(3)21-14;/h5-8,11H,4,9-10H2,1-3H3,(H2,16,17,18);1H. The highest BCUT2D eigenvalue weighted by molar-refractivity contribution is 14.0. The van der Waals surface area contributed by atoms with Crippen LogP contribution in [-0.4, -0.2) is 23.7 Å². The number of nitrogens with one attached hydrogen (secondary N) is 2. The van der Waals surface area contributed by atoms with Gasteiger partial charge in [-0.3, -0.25) is 0 Å². The van der Waals surface area contributed by atoms with Crippen molar-refractivity contribution < 1.29 is 4.52 Å². The van der Waals surface area contributed by atoms with Crippen LogP contribution in [0.2, 0.25) is 0 Å². The van der Waals surface area contributed by atoms with Crippen molar-refractivity contribution in [2.75, 3.05) is 6.54 Å². The van der Waals surface area contributed by atoms with E-state index < -0.39 is 0 Å². The summed E-state index contributed by atoms with van der Waals surface area (Å²) < 4.78 is 4.81. The molecule has 5 nitrogen and oxygen atoms in total. The van der Waals surface area contributed by atoms with Crippen molar-refractivity contribution in [1.82, 2.24) is 15.8 Å². The fraction of sp³-hybridized carbons (Fsp3) is 0.467. The maximum Gasteiger partial charge on any atom is 0.191 e. The van der Waals surface area contributed by atoms with E-state index in [-0.39, 0.29) is 24.0 Å².